The number of amides is 3. The number of pyridine rings is 1. The van der Waals surface area contributed by atoms with E-state index in [-0.39, 0.29) is 89.7 Å². The van der Waals surface area contributed by atoms with Crippen molar-refractivity contribution in [2.75, 3.05) is 63.8 Å². The van der Waals surface area contributed by atoms with E-state index in [0.717, 1.165) is 23.6 Å². The Bertz CT molecular complexity index is 2000. The van der Waals surface area contributed by atoms with E-state index in [9.17, 15) is 39.7 Å². The predicted octanol–water partition coefficient (Wildman–Crippen LogP) is 5.25. The molecule has 60 heavy (non-hydrogen) atoms. The summed E-state index contributed by atoms with van der Waals surface area (Å²) in [5.41, 5.74) is 1.47. The number of nitrogens with one attached hydrogen (secondary N) is 2. The molecule has 0 spiro atoms. The number of hydrogen-bond acceptors (Lipinski definition) is 16. The van der Waals surface area contributed by atoms with Crippen LogP contribution >= 0.6 is 21.6 Å². The number of aromatic nitrogens is 1. The maximum atomic E-state index is 13.8. The van der Waals surface area contributed by atoms with E-state index < -0.39 is 18.1 Å². The molecule has 2 aromatic carbocycles. The molecule has 3 aromatic rings. The Hall–Kier alpha value is -4.96. The highest BCUT2D eigenvalue weighted by atomic mass is 33.1. The van der Waals surface area contributed by atoms with Crippen LogP contribution < -0.4 is 24.8 Å². The summed E-state index contributed by atoms with van der Waals surface area (Å²) >= 11 is 0. The van der Waals surface area contributed by atoms with Crippen LogP contribution in [0.5, 0.6) is 17.2 Å². The molecule has 1 aromatic heterocycles. The lowest BCUT2D eigenvalue weighted by Gasteiger charge is -2.25. The molecule has 3 heterocycles. The fraction of sp³-hybridized carbons (Fsp3) is 0.487. The Labute approximate surface area is 356 Å². The third-order valence-corrected chi connectivity index (χ3v) is 12.7. The minimum atomic E-state index is -0.978. The fourth-order valence-corrected chi connectivity index (χ4v) is 8.91. The Morgan fingerprint density at radius 3 is 2.20 bits per heavy atom. The molecule has 0 radical (unpaired) electrons. The quantitative estimate of drug-likeness (QED) is 0.0321. The average Bonchev–Trinajstić information content (AvgIpc) is 3.92. The number of ether oxygens (including phenoxy) is 4. The maximum Gasteiger partial charge on any atom is 0.411 e. The van der Waals surface area contributed by atoms with Crippen LogP contribution in [0.4, 0.5) is 21.9 Å². The normalized spacial score (nSPS) is 16.6. The van der Waals surface area contributed by atoms with Crippen LogP contribution in [0, 0.1) is 17.0 Å². The van der Waals surface area contributed by atoms with Crippen molar-refractivity contribution >= 4 is 63.6 Å². The number of methoxy groups -OCH3 is 1. The van der Waals surface area contributed by atoms with Crippen LogP contribution in [0.1, 0.15) is 65.3 Å². The number of nitrogens with zero attached hydrogens (tertiary/aromatic N) is 4. The number of aliphatic hydroxyl groups excluding tert-OH is 2. The molecule has 3 amide bonds. The van der Waals surface area contributed by atoms with E-state index in [0.29, 0.717) is 60.9 Å². The molecule has 18 nitrogen and oxygen atoms in total. The summed E-state index contributed by atoms with van der Waals surface area (Å²) in [6.07, 6.45) is 3.88. The summed E-state index contributed by atoms with van der Waals surface area (Å²) in [6.45, 7) is 6.00. The third kappa shape index (κ3) is 11.9. The van der Waals surface area contributed by atoms with E-state index in [1.807, 2.05) is 0 Å². The van der Waals surface area contributed by atoms with E-state index in [1.54, 1.807) is 47.9 Å². The molecule has 2 aliphatic rings. The number of carbonyl (C=O) groups is 3. The molecule has 324 valence electrons. The third-order valence-electron chi connectivity index (χ3n) is 9.87. The highest BCUT2D eigenvalue weighted by molar-refractivity contribution is 8.77. The Balaban J connectivity index is 1.24. The van der Waals surface area contributed by atoms with Crippen molar-refractivity contribution < 1.29 is 53.5 Å². The first kappa shape index (κ1) is 46.1. The molecule has 3 atom stereocenters. The van der Waals surface area contributed by atoms with Gasteiger partial charge in [0.15, 0.2) is 16.5 Å². The standard InChI is InChI=1S/C39H51BN6O12S2/c1-24-17-28(37(49)44-13-6-9-26(44)21-47)30(42-39(51)58-23-25(2)59-60-36-32(46(53)54)11-5-12-41-36)19-33(24)56-15-8-16-57-35-20-31(43-40(3)52)29(18-34(35)55-4)38(50)45-14-7-10-27(45)22-48/h5,11-12,17-20,25-27,43,47-48,52H,6-10,13-16,21-23H2,1-4H3,(H,42,51)/t25-,26+,27+/m1/s1. The van der Waals surface area contributed by atoms with Gasteiger partial charge in [-0.15, -0.1) is 0 Å². The number of aryl methyl sites for hydroxylation is 1. The topological polar surface area (TPSA) is 235 Å². The number of aliphatic hydroxyl groups is 2. The van der Waals surface area contributed by atoms with Gasteiger partial charge in [0.1, 0.15) is 12.4 Å². The highest BCUT2D eigenvalue weighted by Crippen LogP contribution is 2.39. The number of nitro groups is 1. The lowest BCUT2D eigenvalue weighted by atomic mass is 9.87. The number of anilines is 2. The molecule has 0 saturated carbocycles. The smallest absolute Gasteiger partial charge is 0.411 e. The van der Waals surface area contributed by atoms with Crippen LogP contribution in [0.3, 0.4) is 0 Å². The second-order valence-corrected chi connectivity index (χ2v) is 17.0. The van der Waals surface area contributed by atoms with Crippen molar-refractivity contribution in [3.05, 3.63) is 69.4 Å². The van der Waals surface area contributed by atoms with Crippen LogP contribution in [0.2, 0.25) is 6.82 Å². The number of carbonyl (C=O) groups excluding carboxylic acids is 3. The summed E-state index contributed by atoms with van der Waals surface area (Å²) in [7, 11) is 2.83. The summed E-state index contributed by atoms with van der Waals surface area (Å²) in [5, 5.41) is 46.7. The largest absolute Gasteiger partial charge is 0.493 e. The van der Waals surface area contributed by atoms with Crippen LogP contribution in [0.25, 0.3) is 0 Å². The zero-order valence-corrected chi connectivity index (χ0v) is 35.6. The van der Waals surface area contributed by atoms with Gasteiger partial charge in [-0.05, 0) is 80.9 Å². The first-order valence-electron chi connectivity index (χ1n) is 19.6. The average molecular weight is 871 g/mol. The molecule has 5 rings (SSSR count). The van der Waals surface area contributed by atoms with Gasteiger partial charge in [-0.25, -0.2) is 9.78 Å². The van der Waals surface area contributed by atoms with E-state index in [1.165, 1.54) is 43.1 Å². The molecule has 2 aliphatic heterocycles. The first-order chi connectivity index (χ1) is 28.8. The van der Waals surface area contributed by atoms with Crippen molar-refractivity contribution in [2.45, 2.75) is 75.1 Å². The molecule has 0 bridgehead atoms. The van der Waals surface area contributed by atoms with Crippen LogP contribution in [-0.2, 0) is 4.74 Å². The van der Waals surface area contributed by atoms with Gasteiger partial charge in [-0.2, -0.15) is 0 Å². The molecular formula is C39H51BN6O12S2. The van der Waals surface area contributed by atoms with E-state index in [2.05, 4.69) is 15.5 Å². The molecule has 0 aliphatic carbocycles. The van der Waals surface area contributed by atoms with Crippen molar-refractivity contribution in [1.82, 2.24) is 14.8 Å². The lowest BCUT2D eigenvalue weighted by Crippen LogP contribution is -2.38. The summed E-state index contributed by atoms with van der Waals surface area (Å²) < 4.78 is 23.2. The van der Waals surface area contributed by atoms with E-state index in [4.69, 9.17) is 18.9 Å². The van der Waals surface area contributed by atoms with Gasteiger partial charge in [0.25, 0.3) is 11.8 Å². The van der Waals surface area contributed by atoms with Crippen molar-refractivity contribution in [3.8, 4) is 17.2 Å². The van der Waals surface area contributed by atoms with Gasteiger partial charge in [-0.3, -0.25) is 25.0 Å². The van der Waals surface area contributed by atoms with Gasteiger partial charge in [0.2, 0.25) is 0 Å². The molecule has 5 N–H and O–H groups in total. The van der Waals surface area contributed by atoms with Gasteiger partial charge in [0, 0.05) is 54.8 Å². The van der Waals surface area contributed by atoms with Crippen molar-refractivity contribution in [1.29, 1.82) is 0 Å². The lowest BCUT2D eigenvalue weighted by molar-refractivity contribution is -0.388. The Kier molecular flexibility index (Phi) is 16.9. The molecule has 21 heteroatoms. The highest BCUT2D eigenvalue weighted by Gasteiger charge is 2.33. The van der Waals surface area contributed by atoms with E-state index >= 15 is 0 Å². The Morgan fingerprint density at radius 2 is 1.60 bits per heavy atom. The molecule has 2 fully saturated rings. The monoisotopic (exact) mass is 870 g/mol. The number of benzene rings is 2. The predicted molar refractivity (Wildman–Crippen MR) is 228 cm³/mol. The minimum absolute atomic E-state index is 0.0512. The summed E-state index contributed by atoms with van der Waals surface area (Å²) in [4.78, 5) is 58.6. The van der Waals surface area contributed by atoms with Gasteiger partial charge < -0.3 is 49.2 Å². The second kappa shape index (κ2) is 22.1. The fourth-order valence-electron chi connectivity index (χ4n) is 6.88. The van der Waals surface area contributed by atoms with Gasteiger partial charge >= 0.3 is 18.8 Å². The number of hydrogen-bond donors (Lipinski definition) is 5. The summed E-state index contributed by atoms with van der Waals surface area (Å²) in [5.74, 6) is 0.368. The SMILES string of the molecule is COc1cc(C(=O)N2CCC[C@H]2CO)c(NB(C)O)cc1OCCCOc1cc(NC(=O)OC[C@@H](C)SSc2ncccc2[N+](=O)[O-])c(C(=O)N2CCC[C@H]2CO)cc1C. The van der Waals surface area contributed by atoms with Gasteiger partial charge in [-0.1, -0.05) is 10.8 Å². The minimum Gasteiger partial charge on any atom is -0.493 e. The second-order valence-electron chi connectivity index (χ2n) is 14.3. The molecule has 0 unspecified atom stereocenters. The number of rotatable bonds is 20. The van der Waals surface area contributed by atoms with Crippen molar-refractivity contribution in [3.63, 3.8) is 0 Å². The van der Waals surface area contributed by atoms with Crippen molar-refractivity contribution in [2.24, 2.45) is 0 Å². The molecular weight excluding hydrogens is 819 g/mol. The number of likely N-dealkylation sites (tertiary alicyclic amines) is 2. The first-order valence-corrected chi connectivity index (χ1v) is 21.8. The van der Waals surface area contributed by atoms with Crippen LogP contribution in [-0.4, -0.2) is 130 Å². The Morgan fingerprint density at radius 1 is 0.983 bits per heavy atom. The molecule has 2 saturated heterocycles. The summed E-state index contributed by atoms with van der Waals surface area (Å²) in [6, 6.07) is 8.53. The zero-order chi connectivity index (χ0) is 43.3. The van der Waals surface area contributed by atoms with Gasteiger partial charge in [0.05, 0.1) is 67.4 Å². The van der Waals surface area contributed by atoms with Crippen LogP contribution in [0.15, 0.2) is 47.6 Å². The zero-order valence-electron chi connectivity index (χ0n) is 34.0. The maximum absolute atomic E-state index is 13.8.